The molecule has 1 saturated carbocycles. The summed E-state index contributed by atoms with van der Waals surface area (Å²) >= 11 is 0. The van der Waals surface area contributed by atoms with E-state index in [1.807, 2.05) is 7.05 Å². The summed E-state index contributed by atoms with van der Waals surface area (Å²) in [6.07, 6.45) is 3.96. The molecule has 1 aliphatic rings. The molecule has 1 aromatic rings. The first kappa shape index (κ1) is 9.53. The highest BCUT2D eigenvalue weighted by atomic mass is 14.8. The summed E-state index contributed by atoms with van der Waals surface area (Å²) in [5, 5.41) is 3.11. The van der Waals surface area contributed by atoms with Crippen LogP contribution in [-0.2, 0) is 0 Å². The van der Waals surface area contributed by atoms with Gasteiger partial charge in [0.2, 0.25) is 0 Å². The van der Waals surface area contributed by atoms with Gasteiger partial charge in [0, 0.05) is 18.8 Å². The van der Waals surface area contributed by atoms with Gasteiger partial charge >= 0.3 is 0 Å². The van der Waals surface area contributed by atoms with Gasteiger partial charge in [-0.1, -0.05) is 18.6 Å². The Labute approximate surface area is 85.5 Å². The molecule has 0 radical (unpaired) electrons. The molecule has 2 heteroatoms. The molecule has 0 bridgehead atoms. The molecule has 1 fully saturated rings. The van der Waals surface area contributed by atoms with Gasteiger partial charge in [-0.05, 0) is 36.5 Å². The Balaban J connectivity index is 2.07. The fourth-order valence-corrected chi connectivity index (χ4v) is 1.94. The summed E-state index contributed by atoms with van der Waals surface area (Å²) in [5.41, 5.74) is 8.59. The molecule has 1 aromatic carbocycles. The van der Waals surface area contributed by atoms with E-state index in [4.69, 9.17) is 5.73 Å². The summed E-state index contributed by atoms with van der Waals surface area (Å²) in [5.74, 6) is 0.718. The number of rotatable bonds is 3. The van der Waals surface area contributed by atoms with E-state index in [9.17, 15) is 0 Å². The molecule has 1 aliphatic carbocycles. The molecule has 0 spiro atoms. The van der Waals surface area contributed by atoms with Crippen molar-refractivity contribution in [1.82, 2.24) is 0 Å². The molecule has 0 aliphatic heterocycles. The molecule has 76 valence electrons. The van der Waals surface area contributed by atoms with E-state index in [2.05, 4.69) is 29.6 Å². The Morgan fingerprint density at radius 1 is 1.29 bits per heavy atom. The summed E-state index contributed by atoms with van der Waals surface area (Å²) in [6.45, 7) is 0. The monoisotopic (exact) mass is 190 g/mol. The maximum Gasteiger partial charge on any atom is 0.0337 e. The van der Waals surface area contributed by atoms with Crippen molar-refractivity contribution < 1.29 is 0 Å². The molecule has 3 N–H and O–H groups in total. The standard InChI is InChI=1S/C12H18N2/c1-14-11-7-5-10(6-8-11)12(13)9-3-2-4-9/h5-9,12,14H,2-4,13H2,1H3. The third kappa shape index (κ3) is 1.75. The predicted molar refractivity (Wildman–Crippen MR) is 60.3 cm³/mol. The number of nitrogens with one attached hydrogen (secondary N) is 1. The Morgan fingerprint density at radius 2 is 1.93 bits per heavy atom. The van der Waals surface area contributed by atoms with Crippen molar-refractivity contribution in [1.29, 1.82) is 0 Å². The van der Waals surface area contributed by atoms with Crippen LogP contribution in [0.2, 0.25) is 0 Å². The predicted octanol–water partition coefficient (Wildman–Crippen LogP) is 2.53. The van der Waals surface area contributed by atoms with Crippen molar-refractivity contribution in [2.45, 2.75) is 25.3 Å². The zero-order valence-electron chi connectivity index (χ0n) is 8.66. The Kier molecular flexibility index (Phi) is 2.73. The molecule has 0 saturated heterocycles. The van der Waals surface area contributed by atoms with Crippen LogP contribution < -0.4 is 11.1 Å². The van der Waals surface area contributed by atoms with E-state index in [-0.39, 0.29) is 6.04 Å². The molecule has 14 heavy (non-hydrogen) atoms. The normalized spacial score (nSPS) is 18.7. The lowest BCUT2D eigenvalue weighted by atomic mass is 9.77. The zero-order chi connectivity index (χ0) is 9.97. The fourth-order valence-electron chi connectivity index (χ4n) is 1.94. The van der Waals surface area contributed by atoms with Gasteiger partial charge in [-0.25, -0.2) is 0 Å². The Bertz CT molecular complexity index is 288. The van der Waals surface area contributed by atoms with Crippen LogP contribution in [-0.4, -0.2) is 7.05 Å². The van der Waals surface area contributed by atoms with Gasteiger partial charge in [-0.2, -0.15) is 0 Å². The number of anilines is 1. The topological polar surface area (TPSA) is 38.0 Å². The first-order valence-electron chi connectivity index (χ1n) is 5.34. The Morgan fingerprint density at radius 3 is 2.36 bits per heavy atom. The first-order chi connectivity index (χ1) is 6.81. The molecule has 0 amide bonds. The highest BCUT2D eigenvalue weighted by Gasteiger charge is 2.25. The largest absolute Gasteiger partial charge is 0.388 e. The quantitative estimate of drug-likeness (QED) is 0.768. The fraction of sp³-hybridized carbons (Fsp3) is 0.500. The molecular formula is C12H18N2. The third-order valence-electron chi connectivity index (χ3n) is 3.24. The smallest absolute Gasteiger partial charge is 0.0337 e. The average molecular weight is 190 g/mol. The van der Waals surface area contributed by atoms with Crippen LogP contribution in [0, 0.1) is 5.92 Å². The van der Waals surface area contributed by atoms with Crippen molar-refractivity contribution in [3.05, 3.63) is 29.8 Å². The van der Waals surface area contributed by atoms with E-state index >= 15 is 0 Å². The maximum absolute atomic E-state index is 6.17. The summed E-state index contributed by atoms with van der Waals surface area (Å²) in [6, 6.07) is 8.69. The maximum atomic E-state index is 6.17. The third-order valence-corrected chi connectivity index (χ3v) is 3.24. The van der Waals surface area contributed by atoms with E-state index in [1.165, 1.54) is 24.8 Å². The van der Waals surface area contributed by atoms with Gasteiger partial charge < -0.3 is 11.1 Å². The molecule has 2 rings (SSSR count). The van der Waals surface area contributed by atoms with Crippen LogP contribution in [0.1, 0.15) is 30.9 Å². The molecule has 2 nitrogen and oxygen atoms in total. The SMILES string of the molecule is CNc1ccc(C(N)C2CCC2)cc1. The molecule has 1 unspecified atom stereocenters. The second-order valence-electron chi connectivity index (χ2n) is 4.09. The Hall–Kier alpha value is -1.02. The van der Waals surface area contributed by atoms with Crippen LogP contribution in [0.15, 0.2) is 24.3 Å². The number of hydrogen-bond donors (Lipinski definition) is 2. The van der Waals surface area contributed by atoms with Crippen molar-refractivity contribution in [2.75, 3.05) is 12.4 Å². The van der Waals surface area contributed by atoms with Gasteiger partial charge in [-0.3, -0.25) is 0 Å². The van der Waals surface area contributed by atoms with E-state index < -0.39 is 0 Å². The molecular weight excluding hydrogens is 172 g/mol. The molecule has 0 heterocycles. The van der Waals surface area contributed by atoms with Crippen LogP contribution in [0.3, 0.4) is 0 Å². The number of hydrogen-bond acceptors (Lipinski definition) is 2. The van der Waals surface area contributed by atoms with Crippen molar-refractivity contribution in [3.8, 4) is 0 Å². The average Bonchev–Trinajstić information content (AvgIpc) is 2.15. The summed E-state index contributed by atoms with van der Waals surface area (Å²) in [4.78, 5) is 0. The van der Waals surface area contributed by atoms with Gasteiger partial charge in [0.15, 0.2) is 0 Å². The minimum absolute atomic E-state index is 0.245. The summed E-state index contributed by atoms with van der Waals surface area (Å²) in [7, 11) is 1.93. The van der Waals surface area contributed by atoms with Gasteiger partial charge in [0.05, 0.1) is 0 Å². The van der Waals surface area contributed by atoms with Crippen molar-refractivity contribution in [2.24, 2.45) is 11.7 Å². The van der Waals surface area contributed by atoms with Crippen LogP contribution >= 0.6 is 0 Å². The van der Waals surface area contributed by atoms with Gasteiger partial charge in [0.25, 0.3) is 0 Å². The molecule has 1 atom stereocenters. The second-order valence-corrected chi connectivity index (χ2v) is 4.09. The highest BCUT2D eigenvalue weighted by molar-refractivity contribution is 5.44. The van der Waals surface area contributed by atoms with Crippen LogP contribution in [0.5, 0.6) is 0 Å². The van der Waals surface area contributed by atoms with Gasteiger partial charge in [0.1, 0.15) is 0 Å². The second kappa shape index (κ2) is 4.01. The minimum atomic E-state index is 0.245. The highest BCUT2D eigenvalue weighted by Crippen LogP contribution is 2.36. The zero-order valence-corrected chi connectivity index (χ0v) is 8.66. The van der Waals surface area contributed by atoms with Crippen LogP contribution in [0.4, 0.5) is 5.69 Å². The lowest BCUT2D eigenvalue weighted by Gasteiger charge is -2.31. The number of benzene rings is 1. The first-order valence-corrected chi connectivity index (χ1v) is 5.34. The minimum Gasteiger partial charge on any atom is -0.388 e. The lowest BCUT2D eigenvalue weighted by molar-refractivity contribution is 0.264. The van der Waals surface area contributed by atoms with Crippen LogP contribution in [0.25, 0.3) is 0 Å². The van der Waals surface area contributed by atoms with E-state index in [0.717, 1.165) is 11.6 Å². The number of nitrogens with two attached hydrogens (primary N) is 1. The van der Waals surface area contributed by atoms with Gasteiger partial charge in [-0.15, -0.1) is 0 Å². The van der Waals surface area contributed by atoms with Crippen molar-refractivity contribution in [3.63, 3.8) is 0 Å². The van der Waals surface area contributed by atoms with E-state index in [1.54, 1.807) is 0 Å². The molecule has 0 aromatic heterocycles. The lowest BCUT2D eigenvalue weighted by Crippen LogP contribution is -2.26. The van der Waals surface area contributed by atoms with E-state index in [0.29, 0.717) is 0 Å². The van der Waals surface area contributed by atoms with Crippen molar-refractivity contribution >= 4 is 5.69 Å². The summed E-state index contributed by atoms with van der Waals surface area (Å²) < 4.78 is 0.